The van der Waals surface area contributed by atoms with Crippen molar-refractivity contribution in [2.24, 2.45) is 9.98 Å². The molecule has 2 aliphatic heterocycles. The van der Waals surface area contributed by atoms with Crippen molar-refractivity contribution in [1.29, 1.82) is 0 Å². The summed E-state index contributed by atoms with van der Waals surface area (Å²) in [6.07, 6.45) is 2.30. The molecule has 0 radical (unpaired) electrons. The maximum absolute atomic E-state index is 4.64. The summed E-state index contributed by atoms with van der Waals surface area (Å²) in [4.78, 5) is 13.8. The molecule has 1 aromatic rings. The van der Waals surface area contributed by atoms with Crippen molar-refractivity contribution in [3.63, 3.8) is 0 Å². The smallest absolute Gasteiger partial charge is 0.130 e. The fourth-order valence-corrected chi connectivity index (χ4v) is 2.83. The van der Waals surface area contributed by atoms with Gasteiger partial charge in [-0.2, -0.15) is 0 Å². The van der Waals surface area contributed by atoms with Crippen molar-refractivity contribution < 1.29 is 0 Å². The van der Waals surface area contributed by atoms with E-state index >= 15 is 0 Å². The standard InChI is InChI=1S/C16H22N4/c1-19-11-3-9-17-15(19)13-5-7-14(8-6-13)16-18-10-4-12-20(16)2/h5-8H,3-4,9-12H2,1-2H3. The number of hydrogen-bond donors (Lipinski definition) is 0. The van der Waals surface area contributed by atoms with Crippen LogP contribution in [0.2, 0.25) is 0 Å². The van der Waals surface area contributed by atoms with Crippen LogP contribution in [0, 0.1) is 0 Å². The molecule has 0 unspecified atom stereocenters. The molecular formula is C16H22N4. The Bertz CT molecular complexity index is 481. The van der Waals surface area contributed by atoms with E-state index < -0.39 is 0 Å². The van der Waals surface area contributed by atoms with Gasteiger partial charge in [-0.15, -0.1) is 0 Å². The Kier molecular flexibility index (Phi) is 3.72. The minimum atomic E-state index is 0.941. The van der Waals surface area contributed by atoms with Crippen molar-refractivity contribution in [1.82, 2.24) is 9.80 Å². The summed E-state index contributed by atoms with van der Waals surface area (Å²) in [7, 11) is 4.23. The molecule has 2 aliphatic rings. The van der Waals surface area contributed by atoms with Crippen LogP contribution >= 0.6 is 0 Å². The number of hydrogen-bond acceptors (Lipinski definition) is 4. The van der Waals surface area contributed by atoms with E-state index in [4.69, 9.17) is 0 Å². The van der Waals surface area contributed by atoms with Gasteiger partial charge < -0.3 is 9.80 Å². The number of aliphatic imine (C=N–C) groups is 2. The third kappa shape index (κ3) is 2.55. The first-order valence-electron chi connectivity index (χ1n) is 7.38. The summed E-state index contributed by atoms with van der Waals surface area (Å²) in [6.45, 7) is 4.07. The highest BCUT2D eigenvalue weighted by Gasteiger charge is 2.15. The summed E-state index contributed by atoms with van der Waals surface area (Å²) in [5.41, 5.74) is 2.41. The van der Waals surface area contributed by atoms with Gasteiger partial charge in [0.15, 0.2) is 0 Å². The van der Waals surface area contributed by atoms with Crippen LogP contribution in [0.25, 0.3) is 0 Å². The van der Waals surface area contributed by atoms with E-state index in [9.17, 15) is 0 Å². The van der Waals surface area contributed by atoms with Crippen molar-refractivity contribution >= 4 is 11.7 Å². The molecule has 0 saturated carbocycles. The second-order valence-electron chi connectivity index (χ2n) is 5.54. The van der Waals surface area contributed by atoms with E-state index in [1.165, 1.54) is 11.1 Å². The lowest BCUT2D eigenvalue weighted by molar-refractivity contribution is 0.467. The van der Waals surface area contributed by atoms with Crippen LogP contribution in [-0.2, 0) is 0 Å². The normalized spacial score (nSPS) is 19.7. The minimum absolute atomic E-state index is 0.941. The quantitative estimate of drug-likeness (QED) is 0.821. The van der Waals surface area contributed by atoms with Crippen LogP contribution in [0.15, 0.2) is 34.3 Å². The zero-order valence-corrected chi connectivity index (χ0v) is 12.3. The maximum atomic E-state index is 4.64. The lowest BCUT2D eigenvalue weighted by Crippen LogP contribution is -2.33. The van der Waals surface area contributed by atoms with E-state index in [0.717, 1.165) is 50.7 Å². The number of rotatable bonds is 2. The summed E-state index contributed by atoms with van der Waals surface area (Å²) in [5.74, 6) is 2.23. The van der Waals surface area contributed by atoms with E-state index in [-0.39, 0.29) is 0 Å². The van der Waals surface area contributed by atoms with E-state index in [1.807, 2.05) is 0 Å². The van der Waals surface area contributed by atoms with Gasteiger partial charge >= 0.3 is 0 Å². The van der Waals surface area contributed by atoms with Gasteiger partial charge in [-0.3, -0.25) is 9.98 Å². The zero-order valence-electron chi connectivity index (χ0n) is 12.3. The molecule has 0 saturated heterocycles. The molecule has 0 aromatic heterocycles. The van der Waals surface area contributed by atoms with E-state index in [1.54, 1.807) is 0 Å². The highest BCUT2D eigenvalue weighted by molar-refractivity contribution is 6.02. The Morgan fingerprint density at radius 1 is 0.750 bits per heavy atom. The summed E-state index contributed by atoms with van der Waals surface area (Å²) < 4.78 is 0. The monoisotopic (exact) mass is 270 g/mol. The van der Waals surface area contributed by atoms with Gasteiger partial charge in [0, 0.05) is 51.4 Å². The first-order valence-corrected chi connectivity index (χ1v) is 7.38. The van der Waals surface area contributed by atoms with Gasteiger partial charge in [0.25, 0.3) is 0 Å². The molecule has 0 N–H and O–H groups in total. The Morgan fingerprint density at radius 2 is 1.15 bits per heavy atom. The molecular weight excluding hydrogens is 248 g/mol. The first kappa shape index (κ1) is 13.2. The third-order valence-corrected chi connectivity index (χ3v) is 3.95. The molecule has 3 rings (SSSR count). The lowest BCUT2D eigenvalue weighted by Gasteiger charge is -2.27. The van der Waals surface area contributed by atoms with Crippen molar-refractivity contribution in [2.75, 3.05) is 40.3 Å². The molecule has 1 aromatic carbocycles. The van der Waals surface area contributed by atoms with Crippen LogP contribution in [0.1, 0.15) is 24.0 Å². The fraction of sp³-hybridized carbons (Fsp3) is 0.500. The van der Waals surface area contributed by atoms with Gasteiger partial charge in [-0.1, -0.05) is 24.3 Å². The largest absolute Gasteiger partial charge is 0.359 e. The molecule has 20 heavy (non-hydrogen) atoms. The Hall–Kier alpha value is -1.84. The first-order chi connectivity index (χ1) is 9.75. The Labute approximate surface area is 120 Å². The average molecular weight is 270 g/mol. The molecule has 4 heteroatoms. The van der Waals surface area contributed by atoms with E-state index in [2.05, 4.69) is 58.1 Å². The maximum Gasteiger partial charge on any atom is 0.130 e. The average Bonchev–Trinajstić information content (AvgIpc) is 2.49. The predicted molar refractivity (Wildman–Crippen MR) is 83.7 cm³/mol. The molecule has 0 atom stereocenters. The molecule has 4 nitrogen and oxygen atoms in total. The molecule has 2 heterocycles. The summed E-state index contributed by atoms with van der Waals surface area (Å²) >= 11 is 0. The Balaban J connectivity index is 1.84. The number of nitrogens with zero attached hydrogens (tertiary/aromatic N) is 4. The van der Waals surface area contributed by atoms with Crippen LogP contribution in [0.4, 0.5) is 0 Å². The number of benzene rings is 1. The molecule has 0 amide bonds. The fourth-order valence-electron chi connectivity index (χ4n) is 2.83. The van der Waals surface area contributed by atoms with Crippen LogP contribution in [-0.4, -0.2) is 61.7 Å². The van der Waals surface area contributed by atoms with Crippen molar-refractivity contribution in [3.05, 3.63) is 35.4 Å². The van der Waals surface area contributed by atoms with Gasteiger partial charge in [-0.25, -0.2) is 0 Å². The third-order valence-electron chi connectivity index (χ3n) is 3.95. The molecule has 0 aliphatic carbocycles. The Morgan fingerprint density at radius 3 is 1.50 bits per heavy atom. The van der Waals surface area contributed by atoms with Crippen LogP contribution in [0.5, 0.6) is 0 Å². The zero-order chi connectivity index (χ0) is 13.9. The second kappa shape index (κ2) is 5.65. The van der Waals surface area contributed by atoms with Gasteiger partial charge in [0.2, 0.25) is 0 Å². The van der Waals surface area contributed by atoms with Crippen LogP contribution in [0.3, 0.4) is 0 Å². The highest BCUT2D eigenvalue weighted by atomic mass is 15.2. The van der Waals surface area contributed by atoms with Crippen molar-refractivity contribution in [2.45, 2.75) is 12.8 Å². The topological polar surface area (TPSA) is 31.2 Å². The lowest BCUT2D eigenvalue weighted by atomic mass is 10.1. The van der Waals surface area contributed by atoms with E-state index in [0.29, 0.717) is 0 Å². The highest BCUT2D eigenvalue weighted by Crippen LogP contribution is 2.14. The van der Waals surface area contributed by atoms with Gasteiger partial charge in [0.1, 0.15) is 11.7 Å². The van der Waals surface area contributed by atoms with Crippen LogP contribution < -0.4 is 0 Å². The summed E-state index contributed by atoms with van der Waals surface area (Å²) in [6, 6.07) is 8.67. The van der Waals surface area contributed by atoms with Crippen molar-refractivity contribution in [3.8, 4) is 0 Å². The SMILES string of the molecule is CN1CCCN=C1c1ccc(C2=NCCCN2C)cc1. The van der Waals surface area contributed by atoms with Gasteiger partial charge in [-0.05, 0) is 12.8 Å². The molecule has 106 valence electrons. The van der Waals surface area contributed by atoms with Gasteiger partial charge in [0.05, 0.1) is 0 Å². The second-order valence-corrected chi connectivity index (χ2v) is 5.54. The molecule has 0 spiro atoms. The predicted octanol–water partition coefficient (Wildman–Crippen LogP) is 1.85. The summed E-state index contributed by atoms with van der Waals surface area (Å²) in [5, 5.41) is 0. The molecule has 0 fully saturated rings. The number of amidine groups is 2. The molecule has 0 bridgehead atoms. The minimum Gasteiger partial charge on any atom is -0.359 e.